The van der Waals surface area contributed by atoms with E-state index >= 15 is 0 Å². The Morgan fingerprint density at radius 1 is 1.12 bits per heavy atom. The average Bonchev–Trinajstić information content (AvgIpc) is 2.27. The Kier molecular flexibility index (Phi) is 2.95. The molecule has 0 amide bonds. The standard InChI is InChI=1S/C13H14O3/c14-11-5-6-13(16)10(8-11)7-9-3-1-2-4-12(9)15/h5-8,14,16H,1-4H2. The third-order valence-corrected chi connectivity index (χ3v) is 2.80. The summed E-state index contributed by atoms with van der Waals surface area (Å²) in [6.45, 7) is 0. The van der Waals surface area contributed by atoms with Crippen LogP contribution in [0.25, 0.3) is 6.08 Å². The molecule has 1 aromatic carbocycles. The molecule has 0 unspecified atom stereocenters. The maximum Gasteiger partial charge on any atom is 0.158 e. The van der Waals surface area contributed by atoms with Gasteiger partial charge in [-0.25, -0.2) is 0 Å². The quantitative estimate of drug-likeness (QED) is 0.562. The van der Waals surface area contributed by atoms with Gasteiger partial charge < -0.3 is 10.2 Å². The van der Waals surface area contributed by atoms with Gasteiger partial charge in [0.25, 0.3) is 0 Å². The first-order valence-electron chi connectivity index (χ1n) is 5.42. The first-order chi connectivity index (χ1) is 7.66. The summed E-state index contributed by atoms with van der Waals surface area (Å²) >= 11 is 0. The van der Waals surface area contributed by atoms with Crippen molar-refractivity contribution in [2.45, 2.75) is 25.7 Å². The zero-order valence-electron chi connectivity index (χ0n) is 8.94. The van der Waals surface area contributed by atoms with Gasteiger partial charge >= 0.3 is 0 Å². The summed E-state index contributed by atoms with van der Waals surface area (Å²) in [6.07, 6.45) is 4.98. The predicted octanol–water partition coefficient (Wildman–Crippen LogP) is 2.62. The van der Waals surface area contributed by atoms with Gasteiger partial charge in [-0.3, -0.25) is 4.79 Å². The number of carbonyl (C=O) groups is 1. The topological polar surface area (TPSA) is 57.5 Å². The number of phenols is 2. The van der Waals surface area contributed by atoms with Crippen LogP contribution in [0.3, 0.4) is 0 Å². The van der Waals surface area contributed by atoms with Gasteiger partial charge in [-0.05, 0) is 49.1 Å². The molecule has 2 N–H and O–H groups in total. The van der Waals surface area contributed by atoms with E-state index < -0.39 is 0 Å². The molecule has 1 aliphatic rings. The molecule has 3 heteroatoms. The summed E-state index contributed by atoms with van der Waals surface area (Å²) in [6, 6.07) is 4.30. The van der Waals surface area contributed by atoms with Crippen molar-refractivity contribution in [3.05, 3.63) is 29.3 Å². The Morgan fingerprint density at radius 3 is 2.62 bits per heavy atom. The molecule has 0 radical (unpaired) electrons. The van der Waals surface area contributed by atoms with Crippen molar-refractivity contribution in [2.75, 3.05) is 0 Å². The monoisotopic (exact) mass is 218 g/mol. The van der Waals surface area contributed by atoms with E-state index in [9.17, 15) is 15.0 Å². The van der Waals surface area contributed by atoms with Crippen molar-refractivity contribution in [3.8, 4) is 11.5 Å². The molecule has 3 nitrogen and oxygen atoms in total. The first-order valence-corrected chi connectivity index (χ1v) is 5.42. The van der Waals surface area contributed by atoms with Crippen LogP contribution in [0.15, 0.2) is 23.8 Å². The molecule has 0 atom stereocenters. The lowest BCUT2D eigenvalue weighted by molar-refractivity contribution is -0.116. The molecule has 1 saturated carbocycles. The van der Waals surface area contributed by atoms with E-state index in [0.717, 1.165) is 24.8 Å². The van der Waals surface area contributed by atoms with Crippen molar-refractivity contribution in [2.24, 2.45) is 0 Å². The Hall–Kier alpha value is -1.77. The summed E-state index contributed by atoms with van der Waals surface area (Å²) in [5.74, 6) is 0.325. The van der Waals surface area contributed by atoms with Crippen LogP contribution in [0.4, 0.5) is 0 Å². The second-order valence-electron chi connectivity index (χ2n) is 4.04. The van der Waals surface area contributed by atoms with Crippen molar-refractivity contribution in [1.82, 2.24) is 0 Å². The number of aromatic hydroxyl groups is 2. The number of phenolic OH excluding ortho intramolecular Hbond substituents is 2. The van der Waals surface area contributed by atoms with Crippen LogP contribution in [0.1, 0.15) is 31.2 Å². The highest BCUT2D eigenvalue weighted by atomic mass is 16.3. The molecular formula is C13H14O3. The van der Waals surface area contributed by atoms with E-state index in [1.165, 1.54) is 18.2 Å². The molecular weight excluding hydrogens is 204 g/mol. The average molecular weight is 218 g/mol. The predicted molar refractivity (Wildman–Crippen MR) is 61.2 cm³/mol. The number of ketones is 1. The minimum Gasteiger partial charge on any atom is -0.508 e. The maximum absolute atomic E-state index is 11.6. The Balaban J connectivity index is 2.33. The third kappa shape index (κ3) is 2.24. The first kappa shape index (κ1) is 10.7. The molecule has 0 heterocycles. The van der Waals surface area contributed by atoms with Gasteiger partial charge in [0, 0.05) is 12.0 Å². The van der Waals surface area contributed by atoms with Crippen LogP contribution in [-0.2, 0) is 4.79 Å². The van der Waals surface area contributed by atoms with Crippen LogP contribution in [0.2, 0.25) is 0 Å². The number of benzene rings is 1. The Morgan fingerprint density at radius 2 is 1.88 bits per heavy atom. The highest BCUT2D eigenvalue weighted by molar-refractivity contribution is 6.00. The fourth-order valence-corrected chi connectivity index (χ4v) is 1.90. The summed E-state index contributed by atoms with van der Waals surface area (Å²) < 4.78 is 0. The van der Waals surface area contributed by atoms with Crippen molar-refractivity contribution in [3.63, 3.8) is 0 Å². The number of hydrogen-bond donors (Lipinski definition) is 2. The molecule has 0 spiro atoms. The number of carbonyl (C=O) groups excluding carboxylic acids is 1. The lowest BCUT2D eigenvalue weighted by atomic mass is 9.92. The summed E-state index contributed by atoms with van der Waals surface area (Å²) in [7, 11) is 0. The SMILES string of the molecule is O=C1CCCCC1=Cc1cc(O)ccc1O. The third-order valence-electron chi connectivity index (χ3n) is 2.80. The van der Waals surface area contributed by atoms with E-state index in [1.807, 2.05) is 0 Å². The number of Topliss-reactive ketones (excluding diaryl/α,β-unsaturated/α-hetero) is 1. The fourth-order valence-electron chi connectivity index (χ4n) is 1.90. The van der Waals surface area contributed by atoms with Crippen molar-refractivity contribution < 1.29 is 15.0 Å². The van der Waals surface area contributed by atoms with Crippen LogP contribution in [-0.4, -0.2) is 16.0 Å². The molecule has 0 aromatic heterocycles. The number of rotatable bonds is 1. The van der Waals surface area contributed by atoms with Crippen LogP contribution in [0.5, 0.6) is 11.5 Å². The molecule has 1 aromatic rings. The van der Waals surface area contributed by atoms with Gasteiger partial charge in [0.05, 0.1) is 0 Å². The molecule has 0 aliphatic heterocycles. The largest absolute Gasteiger partial charge is 0.508 e. The zero-order valence-corrected chi connectivity index (χ0v) is 8.94. The smallest absolute Gasteiger partial charge is 0.158 e. The van der Waals surface area contributed by atoms with E-state index in [4.69, 9.17) is 0 Å². The van der Waals surface area contributed by atoms with Gasteiger partial charge in [-0.15, -0.1) is 0 Å². The van der Waals surface area contributed by atoms with Gasteiger partial charge in [0.2, 0.25) is 0 Å². The summed E-state index contributed by atoms with van der Waals surface area (Å²) in [4.78, 5) is 11.6. The highest BCUT2D eigenvalue weighted by Gasteiger charge is 2.15. The number of hydrogen-bond acceptors (Lipinski definition) is 3. The molecule has 16 heavy (non-hydrogen) atoms. The van der Waals surface area contributed by atoms with E-state index in [-0.39, 0.29) is 17.3 Å². The molecule has 1 aliphatic carbocycles. The molecule has 0 bridgehead atoms. The minimum absolute atomic E-state index is 0.0867. The lowest BCUT2D eigenvalue weighted by Gasteiger charge is -2.12. The van der Waals surface area contributed by atoms with E-state index in [0.29, 0.717) is 12.0 Å². The van der Waals surface area contributed by atoms with Gasteiger partial charge in [-0.2, -0.15) is 0 Å². The zero-order chi connectivity index (χ0) is 11.5. The van der Waals surface area contributed by atoms with Crippen molar-refractivity contribution >= 4 is 11.9 Å². The van der Waals surface area contributed by atoms with E-state index in [1.54, 1.807) is 6.08 Å². The fraction of sp³-hybridized carbons (Fsp3) is 0.308. The van der Waals surface area contributed by atoms with Crippen LogP contribution >= 0.6 is 0 Å². The normalized spacial score (nSPS) is 19.0. The Bertz CT molecular complexity index is 446. The maximum atomic E-state index is 11.6. The lowest BCUT2D eigenvalue weighted by Crippen LogP contribution is -2.07. The second-order valence-corrected chi connectivity index (χ2v) is 4.04. The summed E-state index contributed by atoms with van der Waals surface area (Å²) in [5.41, 5.74) is 1.25. The van der Waals surface area contributed by atoms with E-state index in [2.05, 4.69) is 0 Å². The second kappa shape index (κ2) is 4.39. The minimum atomic E-state index is 0.0867. The molecule has 1 fully saturated rings. The summed E-state index contributed by atoms with van der Waals surface area (Å²) in [5, 5.41) is 18.9. The molecule has 0 saturated heterocycles. The van der Waals surface area contributed by atoms with Crippen molar-refractivity contribution in [1.29, 1.82) is 0 Å². The van der Waals surface area contributed by atoms with Gasteiger partial charge in [-0.1, -0.05) is 0 Å². The van der Waals surface area contributed by atoms with Gasteiger partial charge in [0.15, 0.2) is 5.78 Å². The van der Waals surface area contributed by atoms with Crippen LogP contribution < -0.4 is 0 Å². The van der Waals surface area contributed by atoms with Gasteiger partial charge in [0.1, 0.15) is 11.5 Å². The molecule has 84 valence electrons. The molecule has 2 rings (SSSR count). The number of allylic oxidation sites excluding steroid dienone is 1. The van der Waals surface area contributed by atoms with Crippen LogP contribution in [0, 0.1) is 0 Å². The Labute approximate surface area is 94.0 Å². The highest BCUT2D eigenvalue weighted by Crippen LogP contribution is 2.28.